The van der Waals surface area contributed by atoms with Crippen LogP contribution in [0.25, 0.3) is 0 Å². The summed E-state index contributed by atoms with van der Waals surface area (Å²) in [6.07, 6.45) is -0.568. The second-order valence-corrected chi connectivity index (χ2v) is 8.21. The Kier molecular flexibility index (Phi) is 7.00. The van der Waals surface area contributed by atoms with Crippen molar-refractivity contribution in [2.45, 2.75) is 25.3 Å². The van der Waals surface area contributed by atoms with E-state index in [4.69, 9.17) is 9.84 Å². The number of thiazole rings is 1. The van der Waals surface area contributed by atoms with Crippen LogP contribution in [0.1, 0.15) is 33.7 Å². The lowest BCUT2D eigenvalue weighted by atomic mass is 10.1. The van der Waals surface area contributed by atoms with E-state index in [-0.39, 0.29) is 17.5 Å². The van der Waals surface area contributed by atoms with Crippen molar-refractivity contribution in [1.29, 1.82) is 0 Å². The zero-order valence-electron chi connectivity index (χ0n) is 17.9. The molecule has 184 valence electrons. The third-order valence-electron chi connectivity index (χ3n) is 4.95. The molecule has 0 unspecified atom stereocenters. The van der Waals surface area contributed by atoms with Gasteiger partial charge in [-0.05, 0) is 24.3 Å². The van der Waals surface area contributed by atoms with Crippen LogP contribution >= 0.6 is 11.3 Å². The van der Waals surface area contributed by atoms with Crippen molar-refractivity contribution in [2.24, 2.45) is 0 Å². The van der Waals surface area contributed by atoms with Crippen molar-refractivity contribution in [2.75, 3.05) is 23.3 Å². The first-order valence-electron chi connectivity index (χ1n) is 10.3. The van der Waals surface area contributed by atoms with Crippen LogP contribution < -0.4 is 19.7 Å². The van der Waals surface area contributed by atoms with E-state index in [1.165, 1.54) is 16.7 Å². The van der Waals surface area contributed by atoms with Crippen LogP contribution in [0.3, 0.4) is 0 Å². The van der Waals surface area contributed by atoms with E-state index < -0.39 is 29.6 Å². The number of rotatable bonds is 7. The molecule has 4 rings (SSSR count). The molecule has 0 spiro atoms. The fourth-order valence-corrected chi connectivity index (χ4v) is 4.19. The van der Waals surface area contributed by atoms with Crippen LogP contribution in [0, 0.1) is 0 Å². The van der Waals surface area contributed by atoms with Gasteiger partial charge in [0.05, 0.1) is 11.3 Å². The van der Waals surface area contributed by atoms with Crippen LogP contribution in [-0.4, -0.2) is 57.5 Å². The maximum Gasteiger partial charge on any atom is 0.573 e. The quantitative estimate of drug-likeness (QED) is 0.489. The molecule has 1 aliphatic heterocycles. The van der Waals surface area contributed by atoms with Gasteiger partial charge in [0.2, 0.25) is 0 Å². The Hall–Kier alpha value is -3.94. The number of carboxylic acid groups (broad SMARTS) is 1. The third kappa shape index (κ3) is 6.35. The molecule has 2 N–H and O–H groups in total. The average Bonchev–Trinajstić information content (AvgIpc) is 3.31. The molecule has 10 nitrogen and oxygen atoms in total. The minimum absolute atomic E-state index is 0.00123. The number of piperidine rings is 1. The molecule has 3 heterocycles. The number of halogens is 3. The minimum Gasteiger partial charge on any atom is -0.478 e. The molecule has 3 aromatic rings. The molecule has 0 bridgehead atoms. The van der Waals surface area contributed by atoms with E-state index in [1.54, 1.807) is 18.5 Å². The molecule has 0 atom stereocenters. The zero-order valence-corrected chi connectivity index (χ0v) is 18.7. The highest BCUT2D eigenvalue weighted by molar-refractivity contribution is 7.14. The van der Waals surface area contributed by atoms with Crippen LogP contribution in [0.4, 0.5) is 24.0 Å². The highest BCUT2D eigenvalue weighted by Gasteiger charge is 2.33. The molecule has 14 heteroatoms. The van der Waals surface area contributed by atoms with E-state index in [0.29, 0.717) is 43.1 Å². The average molecular weight is 509 g/mol. The summed E-state index contributed by atoms with van der Waals surface area (Å²) in [7, 11) is 0. The number of carbonyl (C=O) groups excluding carboxylic acids is 1. The van der Waals surface area contributed by atoms with Gasteiger partial charge in [0, 0.05) is 43.7 Å². The van der Waals surface area contributed by atoms with Crippen LogP contribution in [0.5, 0.6) is 11.8 Å². The maximum absolute atomic E-state index is 12.8. The molecule has 1 fully saturated rings. The Bertz CT molecular complexity index is 1200. The highest BCUT2D eigenvalue weighted by atomic mass is 32.1. The molecule has 1 saturated heterocycles. The lowest BCUT2D eigenvalue weighted by Gasteiger charge is -2.31. The number of nitrogens with zero attached hydrogens (tertiary/aromatic N) is 4. The number of nitrogens with one attached hydrogen (secondary N) is 1. The van der Waals surface area contributed by atoms with Gasteiger partial charge in [-0.2, -0.15) is 0 Å². The Balaban J connectivity index is 1.39. The van der Waals surface area contributed by atoms with Gasteiger partial charge in [-0.3, -0.25) is 4.79 Å². The molecular formula is C21H18F3N5O5S. The molecule has 1 aliphatic rings. The molecule has 1 aromatic carbocycles. The highest BCUT2D eigenvalue weighted by Crippen LogP contribution is 2.32. The summed E-state index contributed by atoms with van der Waals surface area (Å²) in [5, 5.41) is 13.4. The number of carbonyl (C=O) groups is 2. The van der Waals surface area contributed by atoms with Gasteiger partial charge in [-0.1, -0.05) is 0 Å². The number of anilines is 2. The van der Waals surface area contributed by atoms with Crippen LogP contribution in [0.2, 0.25) is 0 Å². The van der Waals surface area contributed by atoms with E-state index in [9.17, 15) is 22.8 Å². The molecule has 0 radical (unpaired) electrons. The van der Waals surface area contributed by atoms with E-state index in [2.05, 4.69) is 25.0 Å². The van der Waals surface area contributed by atoms with Crippen molar-refractivity contribution in [3.05, 3.63) is 53.3 Å². The fraction of sp³-hybridized carbons (Fsp3) is 0.286. The molecular weight excluding hydrogens is 491 g/mol. The van der Waals surface area contributed by atoms with Crippen molar-refractivity contribution >= 4 is 34.0 Å². The number of ether oxygens (including phenoxy) is 2. The van der Waals surface area contributed by atoms with E-state index in [0.717, 1.165) is 12.1 Å². The summed E-state index contributed by atoms with van der Waals surface area (Å²) in [5.41, 5.74) is -0.765. The lowest BCUT2D eigenvalue weighted by molar-refractivity contribution is -0.274. The number of hydrogen-bond donors (Lipinski definition) is 2. The van der Waals surface area contributed by atoms with Gasteiger partial charge < -0.3 is 24.8 Å². The second kappa shape index (κ2) is 10.1. The first-order valence-corrected chi connectivity index (χ1v) is 11.1. The summed E-state index contributed by atoms with van der Waals surface area (Å²) in [5.74, 6) is -3.04. The monoisotopic (exact) mass is 509 g/mol. The predicted molar refractivity (Wildman–Crippen MR) is 118 cm³/mol. The van der Waals surface area contributed by atoms with Gasteiger partial charge in [0.25, 0.3) is 5.91 Å². The SMILES string of the molecule is O=C(O)c1ccc(NC(=O)c2csc(N3CCC(Oc4ncccn4)CC3)n2)c(OC(F)(F)F)c1. The van der Waals surface area contributed by atoms with Gasteiger partial charge in [-0.25, -0.2) is 19.7 Å². The molecule has 0 saturated carbocycles. The largest absolute Gasteiger partial charge is 0.573 e. The van der Waals surface area contributed by atoms with Gasteiger partial charge in [0.1, 0.15) is 11.8 Å². The topological polar surface area (TPSA) is 127 Å². The summed E-state index contributed by atoms with van der Waals surface area (Å²) >= 11 is 1.22. The van der Waals surface area contributed by atoms with Crippen LogP contribution in [-0.2, 0) is 0 Å². The number of carboxylic acids is 1. The molecule has 0 aliphatic carbocycles. The number of benzene rings is 1. The van der Waals surface area contributed by atoms with Crippen molar-refractivity contribution in [3.8, 4) is 11.8 Å². The smallest absolute Gasteiger partial charge is 0.478 e. The standard InChI is InChI=1S/C21H18F3N5O5S/c22-21(23,24)34-16-10-12(18(31)32)2-3-14(16)27-17(30)15-11-35-20(28-15)29-8-4-13(5-9-29)33-19-25-6-1-7-26-19/h1-3,6-7,10-11,13H,4-5,8-9H2,(H,27,30)(H,31,32). The number of hydrogen-bond acceptors (Lipinski definition) is 9. The first kappa shape index (κ1) is 24.2. The van der Waals surface area contributed by atoms with Crippen LogP contribution in [0.15, 0.2) is 42.0 Å². The number of aromatic carboxylic acids is 1. The van der Waals surface area contributed by atoms with Crippen molar-refractivity contribution in [3.63, 3.8) is 0 Å². The summed E-state index contributed by atoms with van der Waals surface area (Å²) in [4.78, 5) is 38.1. The zero-order chi connectivity index (χ0) is 25.0. The predicted octanol–water partition coefficient (Wildman–Crippen LogP) is 3.83. The summed E-state index contributed by atoms with van der Waals surface area (Å²) < 4.78 is 47.9. The van der Waals surface area contributed by atoms with E-state index in [1.807, 2.05) is 4.90 Å². The summed E-state index contributed by atoms with van der Waals surface area (Å²) in [6, 6.07) is 4.77. The normalized spacial score (nSPS) is 14.4. The van der Waals surface area contributed by atoms with Gasteiger partial charge in [0.15, 0.2) is 10.9 Å². The number of amides is 1. The Labute approximate surface area is 200 Å². The number of alkyl halides is 3. The minimum atomic E-state index is -5.08. The molecule has 35 heavy (non-hydrogen) atoms. The van der Waals surface area contributed by atoms with Gasteiger partial charge >= 0.3 is 18.3 Å². The summed E-state index contributed by atoms with van der Waals surface area (Å²) in [6.45, 7) is 1.23. The lowest BCUT2D eigenvalue weighted by Crippen LogP contribution is -2.38. The Morgan fingerprint density at radius 1 is 1.17 bits per heavy atom. The second-order valence-electron chi connectivity index (χ2n) is 7.37. The number of aromatic nitrogens is 3. The van der Waals surface area contributed by atoms with E-state index >= 15 is 0 Å². The fourth-order valence-electron chi connectivity index (χ4n) is 3.33. The van der Waals surface area contributed by atoms with Crippen molar-refractivity contribution < 1.29 is 37.3 Å². The first-order chi connectivity index (χ1) is 16.7. The molecule has 2 aromatic heterocycles. The molecule has 1 amide bonds. The maximum atomic E-state index is 12.8. The van der Waals surface area contributed by atoms with Gasteiger partial charge in [-0.15, -0.1) is 24.5 Å². The van der Waals surface area contributed by atoms with Crippen molar-refractivity contribution in [1.82, 2.24) is 15.0 Å². The Morgan fingerprint density at radius 3 is 2.54 bits per heavy atom. The third-order valence-corrected chi connectivity index (χ3v) is 5.86. The Morgan fingerprint density at radius 2 is 1.89 bits per heavy atom.